The molecule has 1 aromatic carbocycles. The van der Waals surface area contributed by atoms with Crippen LogP contribution >= 0.6 is 0 Å². The summed E-state index contributed by atoms with van der Waals surface area (Å²) in [5, 5.41) is 3.45. The maximum atomic E-state index is 13.8. The molecule has 1 aliphatic heterocycles. The van der Waals surface area contributed by atoms with Gasteiger partial charge >= 0.3 is 0 Å². The molecule has 4 heteroatoms. The molecule has 3 rings (SSSR count). The third kappa shape index (κ3) is 2.57. The van der Waals surface area contributed by atoms with E-state index < -0.39 is 0 Å². The zero-order valence-corrected chi connectivity index (χ0v) is 12.0. The molecule has 1 atom stereocenters. The van der Waals surface area contributed by atoms with Crippen LogP contribution in [0.25, 0.3) is 11.0 Å². The molecule has 0 radical (unpaired) electrons. The average molecular weight is 275 g/mol. The third-order valence-corrected chi connectivity index (χ3v) is 4.30. The highest BCUT2D eigenvalue weighted by molar-refractivity contribution is 5.76. The Hall–Kier alpha value is -1.42. The van der Waals surface area contributed by atoms with E-state index in [9.17, 15) is 4.39 Å². The first-order valence-electron chi connectivity index (χ1n) is 7.64. The molecule has 0 saturated carbocycles. The van der Waals surface area contributed by atoms with Gasteiger partial charge in [-0.1, -0.05) is 6.07 Å². The minimum Gasteiger partial charge on any atom is -0.328 e. The van der Waals surface area contributed by atoms with Gasteiger partial charge in [-0.25, -0.2) is 9.37 Å². The Kier molecular flexibility index (Phi) is 4.01. The second-order valence-electron chi connectivity index (χ2n) is 5.63. The van der Waals surface area contributed by atoms with Crippen LogP contribution in [0.15, 0.2) is 18.2 Å². The molecule has 1 aliphatic rings. The number of aryl methyl sites for hydroxylation is 2. The fraction of sp³-hybridized carbons (Fsp3) is 0.562. The third-order valence-electron chi connectivity index (χ3n) is 4.30. The van der Waals surface area contributed by atoms with Gasteiger partial charge in [-0.05, 0) is 57.3 Å². The molecule has 1 aromatic heterocycles. The maximum absolute atomic E-state index is 13.8. The first kappa shape index (κ1) is 13.6. The summed E-state index contributed by atoms with van der Waals surface area (Å²) < 4.78 is 16.0. The molecule has 1 fully saturated rings. The van der Waals surface area contributed by atoms with E-state index in [4.69, 9.17) is 0 Å². The number of aromatic nitrogens is 2. The van der Waals surface area contributed by atoms with Crippen molar-refractivity contribution < 1.29 is 4.39 Å². The van der Waals surface area contributed by atoms with Crippen LogP contribution < -0.4 is 5.32 Å². The molecular formula is C16H22FN3. The summed E-state index contributed by atoms with van der Waals surface area (Å²) in [5.41, 5.74) is 1.44. The quantitative estimate of drug-likeness (QED) is 0.929. The molecule has 108 valence electrons. The normalized spacial score (nSPS) is 19.6. The summed E-state index contributed by atoms with van der Waals surface area (Å²) in [6.07, 6.45) is 4.64. The molecule has 0 aliphatic carbocycles. The van der Waals surface area contributed by atoms with Gasteiger partial charge in [-0.2, -0.15) is 0 Å². The first-order valence-corrected chi connectivity index (χ1v) is 7.64. The summed E-state index contributed by atoms with van der Waals surface area (Å²) in [6.45, 7) is 5.20. The Balaban J connectivity index is 1.81. The second-order valence-corrected chi connectivity index (χ2v) is 5.63. The Morgan fingerprint density at radius 3 is 3.10 bits per heavy atom. The van der Waals surface area contributed by atoms with Crippen molar-refractivity contribution in [3.05, 3.63) is 29.8 Å². The van der Waals surface area contributed by atoms with Gasteiger partial charge in [-0.15, -0.1) is 0 Å². The van der Waals surface area contributed by atoms with Crippen molar-refractivity contribution in [2.24, 2.45) is 5.92 Å². The molecule has 2 heterocycles. The predicted molar refractivity (Wildman–Crippen MR) is 79.3 cm³/mol. The van der Waals surface area contributed by atoms with Crippen LogP contribution in [0.5, 0.6) is 0 Å². The van der Waals surface area contributed by atoms with Gasteiger partial charge in [-0.3, -0.25) is 0 Å². The summed E-state index contributed by atoms with van der Waals surface area (Å²) in [4.78, 5) is 4.53. The van der Waals surface area contributed by atoms with E-state index in [2.05, 4.69) is 21.8 Å². The fourth-order valence-corrected chi connectivity index (χ4v) is 3.21. The summed E-state index contributed by atoms with van der Waals surface area (Å²) >= 11 is 0. The number of hydrogen-bond donors (Lipinski definition) is 1. The number of piperidine rings is 1. The van der Waals surface area contributed by atoms with Crippen molar-refractivity contribution in [2.75, 3.05) is 13.1 Å². The van der Waals surface area contributed by atoms with Crippen molar-refractivity contribution in [1.82, 2.24) is 14.9 Å². The van der Waals surface area contributed by atoms with Gasteiger partial charge in [0.05, 0.1) is 5.52 Å². The second kappa shape index (κ2) is 5.92. The number of nitrogens with one attached hydrogen (secondary N) is 1. The standard InChI is InChI=1S/C16H22FN3/c1-2-20-14-7-3-6-13(17)16(14)19-15(20)9-8-12-5-4-10-18-11-12/h3,6-7,12,18H,2,4-5,8-11H2,1H3. The van der Waals surface area contributed by atoms with Crippen LogP contribution in [-0.4, -0.2) is 22.6 Å². The molecule has 1 unspecified atom stereocenters. The smallest absolute Gasteiger partial charge is 0.151 e. The van der Waals surface area contributed by atoms with E-state index in [0.29, 0.717) is 5.52 Å². The van der Waals surface area contributed by atoms with Gasteiger partial charge in [0.25, 0.3) is 0 Å². The SMILES string of the molecule is CCn1c(CCC2CCCNC2)nc2c(F)cccc21. The van der Waals surface area contributed by atoms with Crippen LogP contribution in [-0.2, 0) is 13.0 Å². The number of fused-ring (bicyclic) bond motifs is 1. The topological polar surface area (TPSA) is 29.9 Å². The zero-order valence-electron chi connectivity index (χ0n) is 12.0. The number of halogens is 1. The first-order chi connectivity index (χ1) is 9.79. The Labute approximate surface area is 119 Å². The lowest BCUT2D eigenvalue weighted by atomic mass is 9.94. The summed E-state index contributed by atoms with van der Waals surface area (Å²) in [5.74, 6) is 1.55. The number of nitrogens with zero attached hydrogens (tertiary/aromatic N) is 2. The van der Waals surface area contributed by atoms with Crippen molar-refractivity contribution in [3.63, 3.8) is 0 Å². The molecule has 0 spiro atoms. The number of imidazole rings is 1. The Morgan fingerprint density at radius 1 is 1.45 bits per heavy atom. The van der Waals surface area contributed by atoms with E-state index >= 15 is 0 Å². The molecule has 3 nitrogen and oxygen atoms in total. The molecule has 0 bridgehead atoms. The average Bonchev–Trinajstić information content (AvgIpc) is 2.85. The largest absolute Gasteiger partial charge is 0.328 e. The van der Waals surface area contributed by atoms with E-state index in [1.807, 2.05) is 6.07 Å². The van der Waals surface area contributed by atoms with Crippen LogP contribution in [0, 0.1) is 11.7 Å². The van der Waals surface area contributed by atoms with Crippen LogP contribution in [0.1, 0.15) is 32.0 Å². The van der Waals surface area contributed by atoms with Crippen molar-refractivity contribution in [2.45, 2.75) is 39.2 Å². The monoisotopic (exact) mass is 275 g/mol. The summed E-state index contributed by atoms with van der Waals surface area (Å²) in [7, 11) is 0. The van der Waals surface area contributed by atoms with Crippen molar-refractivity contribution in [1.29, 1.82) is 0 Å². The minimum absolute atomic E-state index is 0.213. The van der Waals surface area contributed by atoms with Gasteiger partial charge in [0.15, 0.2) is 5.82 Å². The van der Waals surface area contributed by atoms with Crippen LogP contribution in [0.2, 0.25) is 0 Å². The highest BCUT2D eigenvalue weighted by atomic mass is 19.1. The molecule has 0 amide bonds. The lowest BCUT2D eigenvalue weighted by Crippen LogP contribution is -2.30. The molecular weight excluding hydrogens is 253 g/mol. The van der Waals surface area contributed by atoms with E-state index in [1.54, 1.807) is 6.07 Å². The highest BCUT2D eigenvalue weighted by Gasteiger charge is 2.16. The minimum atomic E-state index is -0.213. The number of benzene rings is 1. The van der Waals surface area contributed by atoms with Gasteiger partial charge in [0.1, 0.15) is 11.3 Å². The highest BCUT2D eigenvalue weighted by Crippen LogP contribution is 2.22. The molecule has 1 N–H and O–H groups in total. The van der Waals surface area contributed by atoms with Gasteiger partial charge in [0, 0.05) is 13.0 Å². The lowest BCUT2D eigenvalue weighted by Gasteiger charge is -2.22. The van der Waals surface area contributed by atoms with E-state index in [1.165, 1.54) is 18.9 Å². The predicted octanol–water partition coefficient (Wildman–Crippen LogP) is 3.13. The maximum Gasteiger partial charge on any atom is 0.151 e. The van der Waals surface area contributed by atoms with Gasteiger partial charge in [0.2, 0.25) is 0 Å². The Morgan fingerprint density at radius 2 is 2.35 bits per heavy atom. The van der Waals surface area contributed by atoms with Gasteiger partial charge < -0.3 is 9.88 Å². The summed E-state index contributed by atoms with van der Waals surface area (Å²) in [6, 6.07) is 5.21. The van der Waals surface area contributed by atoms with E-state index in [-0.39, 0.29) is 5.82 Å². The molecule has 20 heavy (non-hydrogen) atoms. The number of para-hydroxylation sites is 1. The zero-order chi connectivity index (χ0) is 13.9. The fourth-order valence-electron chi connectivity index (χ4n) is 3.21. The van der Waals surface area contributed by atoms with Crippen LogP contribution in [0.3, 0.4) is 0 Å². The molecule has 1 saturated heterocycles. The van der Waals surface area contributed by atoms with Crippen molar-refractivity contribution in [3.8, 4) is 0 Å². The van der Waals surface area contributed by atoms with Crippen molar-refractivity contribution >= 4 is 11.0 Å². The van der Waals surface area contributed by atoms with Crippen LogP contribution in [0.4, 0.5) is 4.39 Å². The lowest BCUT2D eigenvalue weighted by molar-refractivity contribution is 0.355. The molecule has 2 aromatic rings. The number of rotatable bonds is 4. The van der Waals surface area contributed by atoms with E-state index in [0.717, 1.165) is 49.7 Å². The Bertz CT molecular complexity index is 585. The number of hydrogen-bond acceptors (Lipinski definition) is 2.